The lowest BCUT2D eigenvalue weighted by Gasteiger charge is -2.29. The van der Waals surface area contributed by atoms with Gasteiger partial charge >= 0.3 is 0 Å². The number of aromatic nitrogens is 3. The Hall–Kier alpha value is -2.54. The molecule has 0 aromatic carbocycles. The topological polar surface area (TPSA) is 82.5 Å². The Bertz CT molecular complexity index is 707. The van der Waals surface area contributed by atoms with Gasteiger partial charge in [-0.2, -0.15) is 0 Å². The number of rotatable bonds is 4. The highest BCUT2D eigenvalue weighted by Crippen LogP contribution is 2.26. The SMILES string of the molecule is Cc1ccc(C(=O)N(C)C[C@]2(O)CCN(c3cnccn3)C2)cn1. The van der Waals surface area contributed by atoms with Crippen LogP contribution in [0.15, 0.2) is 36.9 Å². The molecule has 3 rings (SSSR count). The van der Waals surface area contributed by atoms with Crippen molar-refractivity contribution in [2.45, 2.75) is 18.9 Å². The number of likely N-dealkylation sites (N-methyl/N-ethyl adjacent to an activating group) is 1. The van der Waals surface area contributed by atoms with Crippen molar-refractivity contribution in [2.24, 2.45) is 0 Å². The van der Waals surface area contributed by atoms with Crippen molar-refractivity contribution in [1.29, 1.82) is 0 Å². The van der Waals surface area contributed by atoms with Crippen molar-refractivity contribution >= 4 is 11.7 Å². The van der Waals surface area contributed by atoms with E-state index in [1.54, 1.807) is 48.9 Å². The van der Waals surface area contributed by atoms with Gasteiger partial charge in [0.2, 0.25) is 0 Å². The van der Waals surface area contributed by atoms with Gasteiger partial charge in [-0.25, -0.2) is 4.98 Å². The number of carbonyl (C=O) groups excluding carboxylic acids is 1. The third kappa shape index (κ3) is 3.51. The molecule has 1 aliphatic heterocycles. The average Bonchev–Trinajstić information content (AvgIpc) is 2.97. The van der Waals surface area contributed by atoms with E-state index in [1.165, 1.54) is 0 Å². The van der Waals surface area contributed by atoms with Crippen molar-refractivity contribution in [3.05, 3.63) is 48.2 Å². The third-order valence-electron chi connectivity index (χ3n) is 4.24. The number of pyridine rings is 1. The van der Waals surface area contributed by atoms with E-state index in [4.69, 9.17) is 0 Å². The maximum Gasteiger partial charge on any atom is 0.255 e. The standard InChI is InChI=1S/C17H21N5O2/c1-13-3-4-14(9-20-13)16(23)21(2)11-17(24)5-8-22(12-17)15-10-18-6-7-19-15/h3-4,6-7,9-10,24H,5,8,11-12H2,1-2H3/t17-/m1/s1. The molecule has 3 heterocycles. The van der Waals surface area contributed by atoms with E-state index in [0.29, 0.717) is 25.1 Å². The highest BCUT2D eigenvalue weighted by molar-refractivity contribution is 5.93. The molecule has 0 bridgehead atoms. The molecule has 24 heavy (non-hydrogen) atoms. The van der Waals surface area contributed by atoms with Crippen LogP contribution in [0.4, 0.5) is 5.82 Å². The van der Waals surface area contributed by atoms with Crippen molar-refractivity contribution in [1.82, 2.24) is 19.9 Å². The fourth-order valence-electron chi connectivity index (χ4n) is 2.96. The van der Waals surface area contributed by atoms with Crippen molar-refractivity contribution in [3.63, 3.8) is 0 Å². The minimum atomic E-state index is -0.958. The van der Waals surface area contributed by atoms with Gasteiger partial charge in [-0.15, -0.1) is 0 Å². The summed E-state index contributed by atoms with van der Waals surface area (Å²) in [7, 11) is 1.70. The monoisotopic (exact) mass is 327 g/mol. The largest absolute Gasteiger partial charge is 0.386 e. The van der Waals surface area contributed by atoms with E-state index in [1.807, 2.05) is 11.8 Å². The summed E-state index contributed by atoms with van der Waals surface area (Å²) in [5.74, 6) is 0.596. The van der Waals surface area contributed by atoms with Crippen LogP contribution < -0.4 is 4.90 Å². The normalized spacial score (nSPS) is 20.2. The molecule has 0 saturated carbocycles. The Morgan fingerprint density at radius 3 is 2.83 bits per heavy atom. The molecular weight excluding hydrogens is 306 g/mol. The molecule has 1 aliphatic rings. The molecule has 2 aromatic heterocycles. The van der Waals surface area contributed by atoms with Crippen LogP contribution >= 0.6 is 0 Å². The number of anilines is 1. The van der Waals surface area contributed by atoms with Crippen LogP contribution in [0.25, 0.3) is 0 Å². The van der Waals surface area contributed by atoms with Gasteiger partial charge < -0.3 is 14.9 Å². The van der Waals surface area contributed by atoms with Crippen LogP contribution in [-0.4, -0.2) is 63.1 Å². The van der Waals surface area contributed by atoms with Gasteiger partial charge in [-0.3, -0.25) is 14.8 Å². The molecule has 2 aromatic rings. The molecular formula is C17H21N5O2. The fraction of sp³-hybridized carbons (Fsp3) is 0.412. The number of aryl methyl sites for hydroxylation is 1. The Labute approximate surface area is 141 Å². The Balaban J connectivity index is 1.64. The first-order chi connectivity index (χ1) is 11.5. The van der Waals surface area contributed by atoms with Crippen LogP contribution in [-0.2, 0) is 0 Å². The van der Waals surface area contributed by atoms with Crippen LogP contribution in [0.3, 0.4) is 0 Å². The zero-order chi connectivity index (χ0) is 17.2. The molecule has 1 amide bonds. The maximum atomic E-state index is 12.5. The molecule has 7 nitrogen and oxygen atoms in total. The molecule has 126 valence electrons. The molecule has 7 heteroatoms. The Kier molecular flexibility index (Phi) is 4.44. The van der Waals surface area contributed by atoms with Crippen molar-refractivity contribution in [2.75, 3.05) is 31.6 Å². The second kappa shape index (κ2) is 6.52. The van der Waals surface area contributed by atoms with E-state index in [0.717, 1.165) is 11.5 Å². The first kappa shape index (κ1) is 16.3. The highest BCUT2D eigenvalue weighted by Gasteiger charge is 2.38. The molecule has 1 atom stereocenters. The highest BCUT2D eigenvalue weighted by atomic mass is 16.3. The van der Waals surface area contributed by atoms with Gasteiger partial charge in [0.15, 0.2) is 0 Å². The summed E-state index contributed by atoms with van der Waals surface area (Å²) in [6, 6.07) is 3.56. The average molecular weight is 327 g/mol. The number of hydrogen-bond acceptors (Lipinski definition) is 6. The minimum absolute atomic E-state index is 0.145. The first-order valence-corrected chi connectivity index (χ1v) is 7.88. The lowest BCUT2D eigenvalue weighted by Crippen LogP contribution is -2.46. The summed E-state index contributed by atoms with van der Waals surface area (Å²) in [6.07, 6.45) is 7.07. The fourth-order valence-corrected chi connectivity index (χ4v) is 2.96. The molecule has 0 spiro atoms. The van der Waals surface area contributed by atoms with Crippen molar-refractivity contribution in [3.8, 4) is 0 Å². The second-order valence-electron chi connectivity index (χ2n) is 6.31. The van der Waals surface area contributed by atoms with Crippen LogP contribution in [0, 0.1) is 6.92 Å². The molecule has 0 unspecified atom stereocenters. The van der Waals surface area contributed by atoms with E-state index in [2.05, 4.69) is 15.0 Å². The van der Waals surface area contributed by atoms with Gasteiger partial charge in [-0.05, 0) is 25.5 Å². The second-order valence-corrected chi connectivity index (χ2v) is 6.31. The summed E-state index contributed by atoms with van der Waals surface area (Å²) < 4.78 is 0. The first-order valence-electron chi connectivity index (χ1n) is 7.88. The Morgan fingerprint density at radius 1 is 1.33 bits per heavy atom. The summed E-state index contributed by atoms with van der Waals surface area (Å²) in [6.45, 7) is 3.25. The maximum absolute atomic E-state index is 12.5. The summed E-state index contributed by atoms with van der Waals surface area (Å²) in [5, 5.41) is 10.8. The van der Waals surface area contributed by atoms with Gasteiger partial charge in [-0.1, -0.05) is 0 Å². The van der Waals surface area contributed by atoms with E-state index < -0.39 is 5.60 Å². The predicted molar refractivity (Wildman–Crippen MR) is 89.7 cm³/mol. The van der Waals surface area contributed by atoms with E-state index >= 15 is 0 Å². The molecule has 1 fully saturated rings. The number of aliphatic hydroxyl groups is 1. The van der Waals surface area contributed by atoms with E-state index in [-0.39, 0.29) is 12.5 Å². The summed E-state index contributed by atoms with van der Waals surface area (Å²) in [5.41, 5.74) is 0.429. The van der Waals surface area contributed by atoms with Crippen LogP contribution in [0.2, 0.25) is 0 Å². The summed E-state index contributed by atoms with van der Waals surface area (Å²) >= 11 is 0. The minimum Gasteiger partial charge on any atom is -0.386 e. The lowest BCUT2D eigenvalue weighted by molar-refractivity contribution is 0.0264. The number of nitrogens with zero attached hydrogens (tertiary/aromatic N) is 5. The summed E-state index contributed by atoms with van der Waals surface area (Å²) in [4.78, 5) is 28.5. The number of carbonyl (C=O) groups is 1. The van der Waals surface area contributed by atoms with Gasteiger partial charge in [0.1, 0.15) is 11.4 Å². The number of hydrogen-bond donors (Lipinski definition) is 1. The third-order valence-corrected chi connectivity index (χ3v) is 4.24. The Morgan fingerprint density at radius 2 is 2.17 bits per heavy atom. The smallest absolute Gasteiger partial charge is 0.255 e. The van der Waals surface area contributed by atoms with Gasteiger partial charge in [0, 0.05) is 44.4 Å². The molecule has 0 aliphatic carbocycles. The van der Waals surface area contributed by atoms with E-state index in [9.17, 15) is 9.90 Å². The quantitative estimate of drug-likeness (QED) is 0.898. The molecule has 1 N–H and O–H groups in total. The lowest BCUT2D eigenvalue weighted by atomic mass is 10.0. The zero-order valence-electron chi connectivity index (χ0n) is 13.9. The predicted octanol–water partition coefficient (Wildman–Crippen LogP) is 0.893. The van der Waals surface area contributed by atoms with Crippen molar-refractivity contribution < 1.29 is 9.90 Å². The van der Waals surface area contributed by atoms with Crippen LogP contribution in [0.1, 0.15) is 22.5 Å². The number of amides is 1. The molecule has 1 saturated heterocycles. The van der Waals surface area contributed by atoms with Gasteiger partial charge in [0.25, 0.3) is 5.91 Å². The molecule has 0 radical (unpaired) electrons. The van der Waals surface area contributed by atoms with Crippen LogP contribution in [0.5, 0.6) is 0 Å². The number of β-amino-alcohol motifs (C(OH)–C–C–N with tert-alkyl or cyclic N) is 1. The van der Waals surface area contributed by atoms with Gasteiger partial charge in [0.05, 0.1) is 18.3 Å². The zero-order valence-corrected chi connectivity index (χ0v) is 13.9.